The molecule has 9 heteroatoms. The quantitative estimate of drug-likeness (QED) is 0.535. The van der Waals surface area contributed by atoms with Crippen LogP contribution < -0.4 is 10.1 Å². The first kappa shape index (κ1) is 24.7. The maximum atomic E-state index is 13.4. The predicted octanol–water partition coefficient (Wildman–Crippen LogP) is 2.80. The minimum absolute atomic E-state index is 0.0604. The molecule has 1 aliphatic heterocycles. The number of amides is 2. The minimum Gasteiger partial charge on any atom is -0.496 e. The number of aromatic nitrogens is 2. The number of rotatable bonds is 8. The smallest absolute Gasteiger partial charge is 0.259 e. The summed E-state index contributed by atoms with van der Waals surface area (Å²) in [5.74, 6) is 0.998. The van der Waals surface area contributed by atoms with Crippen LogP contribution in [-0.4, -0.2) is 84.7 Å². The lowest BCUT2D eigenvalue weighted by Crippen LogP contribution is -2.49. The molecule has 9 nitrogen and oxygen atoms in total. The van der Waals surface area contributed by atoms with E-state index in [1.54, 1.807) is 31.4 Å². The van der Waals surface area contributed by atoms with Gasteiger partial charge in [0, 0.05) is 58.9 Å². The summed E-state index contributed by atoms with van der Waals surface area (Å²) in [5.41, 5.74) is 2.95. The molecule has 2 amide bonds. The first-order valence-electron chi connectivity index (χ1n) is 11.9. The van der Waals surface area contributed by atoms with Crippen LogP contribution in [0.4, 0.5) is 5.69 Å². The third kappa shape index (κ3) is 5.16. The molecule has 1 fully saturated rings. The van der Waals surface area contributed by atoms with Crippen LogP contribution >= 0.6 is 0 Å². The highest BCUT2D eigenvalue weighted by molar-refractivity contribution is 6.11. The number of methoxy groups -OCH3 is 2. The Morgan fingerprint density at radius 3 is 2.51 bits per heavy atom. The lowest BCUT2D eigenvalue weighted by atomic mass is 10.1. The Hall–Kier alpha value is -3.43. The average Bonchev–Trinajstić information content (AvgIpc) is 3.22. The van der Waals surface area contributed by atoms with Crippen LogP contribution in [0.1, 0.15) is 33.5 Å². The molecule has 0 aliphatic carbocycles. The van der Waals surface area contributed by atoms with Gasteiger partial charge in [0.05, 0.1) is 36.0 Å². The van der Waals surface area contributed by atoms with E-state index in [1.807, 2.05) is 35.6 Å². The zero-order valence-electron chi connectivity index (χ0n) is 20.8. The number of piperazine rings is 1. The van der Waals surface area contributed by atoms with Crippen molar-refractivity contribution in [2.24, 2.45) is 7.05 Å². The number of fused-ring (bicyclic) bond motifs is 1. The maximum absolute atomic E-state index is 13.4. The van der Waals surface area contributed by atoms with E-state index in [4.69, 9.17) is 14.5 Å². The lowest BCUT2D eigenvalue weighted by Gasteiger charge is -2.34. The second-order valence-electron chi connectivity index (χ2n) is 8.61. The van der Waals surface area contributed by atoms with Gasteiger partial charge < -0.3 is 24.3 Å². The molecule has 0 atom stereocenters. The van der Waals surface area contributed by atoms with E-state index >= 15 is 0 Å². The molecule has 35 heavy (non-hydrogen) atoms. The van der Waals surface area contributed by atoms with E-state index in [1.165, 1.54) is 7.11 Å². The van der Waals surface area contributed by atoms with Crippen LogP contribution in [-0.2, 0) is 18.2 Å². The summed E-state index contributed by atoms with van der Waals surface area (Å²) >= 11 is 0. The van der Waals surface area contributed by atoms with Gasteiger partial charge in [-0.25, -0.2) is 4.98 Å². The summed E-state index contributed by atoms with van der Waals surface area (Å²) in [6.45, 7) is 6.47. The topological polar surface area (TPSA) is 88.9 Å². The van der Waals surface area contributed by atoms with Crippen molar-refractivity contribution >= 4 is 28.5 Å². The first-order valence-corrected chi connectivity index (χ1v) is 11.9. The molecule has 2 heterocycles. The number of carbonyl (C=O) groups excluding carboxylic acids is 2. The molecule has 1 aliphatic rings. The third-order valence-electron chi connectivity index (χ3n) is 6.50. The van der Waals surface area contributed by atoms with Crippen molar-refractivity contribution in [3.05, 3.63) is 53.3 Å². The number of para-hydroxylation sites is 1. The Labute approximate surface area is 205 Å². The summed E-state index contributed by atoms with van der Waals surface area (Å²) in [6, 6.07) is 10.7. The van der Waals surface area contributed by atoms with Gasteiger partial charge in [0.25, 0.3) is 11.8 Å². The van der Waals surface area contributed by atoms with Gasteiger partial charge in [0.1, 0.15) is 11.6 Å². The van der Waals surface area contributed by atoms with Crippen molar-refractivity contribution in [3.63, 3.8) is 0 Å². The molecule has 2 aromatic carbocycles. The Bertz CT molecular complexity index is 1210. The molecule has 0 saturated carbocycles. The van der Waals surface area contributed by atoms with Gasteiger partial charge in [-0.15, -0.1) is 0 Å². The van der Waals surface area contributed by atoms with Crippen LogP contribution in [0.5, 0.6) is 5.75 Å². The normalized spacial score (nSPS) is 14.3. The minimum atomic E-state index is -0.306. The Morgan fingerprint density at radius 1 is 1.09 bits per heavy atom. The molecule has 0 bridgehead atoms. The van der Waals surface area contributed by atoms with Gasteiger partial charge in [0.2, 0.25) is 0 Å². The molecule has 0 radical (unpaired) electrons. The van der Waals surface area contributed by atoms with Crippen LogP contribution in [0.25, 0.3) is 11.0 Å². The lowest BCUT2D eigenvalue weighted by molar-refractivity contribution is 0.0594. The zero-order chi connectivity index (χ0) is 24.9. The van der Waals surface area contributed by atoms with Gasteiger partial charge in [0.15, 0.2) is 0 Å². The van der Waals surface area contributed by atoms with Gasteiger partial charge in [-0.1, -0.05) is 19.1 Å². The van der Waals surface area contributed by atoms with Crippen LogP contribution in [0.3, 0.4) is 0 Å². The summed E-state index contributed by atoms with van der Waals surface area (Å²) < 4.78 is 12.5. The Balaban J connectivity index is 1.65. The number of nitrogens with zero attached hydrogens (tertiary/aromatic N) is 4. The van der Waals surface area contributed by atoms with Crippen molar-refractivity contribution in [1.82, 2.24) is 19.4 Å². The number of aryl methyl sites for hydroxylation is 2. The highest BCUT2D eigenvalue weighted by atomic mass is 16.5. The molecule has 1 aromatic heterocycles. The van der Waals surface area contributed by atoms with Gasteiger partial charge >= 0.3 is 0 Å². The highest BCUT2D eigenvalue weighted by Crippen LogP contribution is 2.29. The van der Waals surface area contributed by atoms with Crippen molar-refractivity contribution < 1.29 is 19.1 Å². The molecule has 1 N–H and O–H groups in total. The standard InChI is InChI=1S/C26H33N5O4/c1-5-23-27-20-16-18(26(33)31-12-10-30(11-13-31)14-15-34-3)17-21(24(20)29(23)2)28-25(32)19-8-6-7-9-22(19)35-4/h6-9,16-17H,5,10-15H2,1-4H3,(H,28,32). The second-order valence-corrected chi connectivity index (χ2v) is 8.61. The molecule has 0 spiro atoms. The predicted molar refractivity (Wildman–Crippen MR) is 135 cm³/mol. The van der Waals surface area contributed by atoms with Gasteiger partial charge in [-0.3, -0.25) is 14.5 Å². The van der Waals surface area contributed by atoms with E-state index < -0.39 is 0 Å². The van der Waals surface area contributed by atoms with Crippen molar-refractivity contribution in [3.8, 4) is 5.75 Å². The SMILES string of the molecule is CCc1nc2cc(C(=O)N3CCN(CCOC)CC3)cc(NC(=O)c3ccccc3OC)c2n1C. The average molecular weight is 480 g/mol. The number of ether oxygens (including phenoxy) is 2. The third-order valence-corrected chi connectivity index (χ3v) is 6.50. The van der Waals surface area contributed by atoms with Crippen molar-refractivity contribution in [2.75, 3.05) is 58.9 Å². The number of hydrogen-bond acceptors (Lipinski definition) is 6. The number of benzene rings is 2. The van der Waals surface area contributed by atoms with Crippen LogP contribution in [0, 0.1) is 0 Å². The number of carbonyl (C=O) groups is 2. The number of imidazole rings is 1. The van der Waals surface area contributed by atoms with E-state index in [9.17, 15) is 9.59 Å². The summed E-state index contributed by atoms with van der Waals surface area (Å²) in [7, 11) is 5.16. The number of anilines is 1. The number of nitrogens with one attached hydrogen (secondary N) is 1. The fourth-order valence-electron chi connectivity index (χ4n) is 4.53. The first-order chi connectivity index (χ1) is 17.0. The molecule has 3 aromatic rings. The largest absolute Gasteiger partial charge is 0.496 e. The van der Waals surface area contributed by atoms with Gasteiger partial charge in [-0.2, -0.15) is 0 Å². The summed E-state index contributed by atoms with van der Waals surface area (Å²) in [5, 5.41) is 3.01. The highest BCUT2D eigenvalue weighted by Gasteiger charge is 2.25. The fraction of sp³-hybridized carbons (Fsp3) is 0.423. The van der Waals surface area contributed by atoms with E-state index in [0.717, 1.165) is 37.4 Å². The molecule has 0 unspecified atom stereocenters. The molecule has 4 rings (SSSR count). The second kappa shape index (κ2) is 10.9. The van der Waals surface area contributed by atoms with Crippen LogP contribution in [0.15, 0.2) is 36.4 Å². The van der Waals surface area contributed by atoms with Crippen LogP contribution in [0.2, 0.25) is 0 Å². The monoisotopic (exact) mass is 479 g/mol. The maximum Gasteiger partial charge on any atom is 0.259 e. The summed E-state index contributed by atoms with van der Waals surface area (Å²) in [4.78, 5) is 35.5. The zero-order valence-corrected chi connectivity index (χ0v) is 20.8. The summed E-state index contributed by atoms with van der Waals surface area (Å²) in [6.07, 6.45) is 0.734. The van der Waals surface area contributed by atoms with Crippen molar-refractivity contribution in [2.45, 2.75) is 13.3 Å². The Morgan fingerprint density at radius 2 is 1.83 bits per heavy atom. The fourth-order valence-corrected chi connectivity index (χ4v) is 4.53. The molecular weight excluding hydrogens is 446 g/mol. The van der Waals surface area contributed by atoms with E-state index in [0.29, 0.717) is 47.8 Å². The number of hydrogen-bond donors (Lipinski definition) is 1. The van der Waals surface area contributed by atoms with Gasteiger partial charge in [-0.05, 0) is 24.3 Å². The molecular formula is C26H33N5O4. The molecule has 186 valence electrons. The Kier molecular flexibility index (Phi) is 7.67. The van der Waals surface area contributed by atoms with E-state index in [2.05, 4.69) is 10.2 Å². The van der Waals surface area contributed by atoms with Crippen molar-refractivity contribution in [1.29, 1.82) is 0 Å². The van der Waals surface area contributed by atoms with E-state index in [-0.39, 0.29) is 11.8 Å². The molecule has 1 saturated heterocycles.